The molecule has 16 heavy (non-hydrogen) atoms. The van der Waals surface area contributed by atoms with E-state index in [2.05, 4.69) is 0 Å². The van der Waals surface area contributed by atoms with E-state index in [-0.39, 0.29) is 11.8 Å². The van der Waals surface area contributed by atoms with Crippen molar-refractivity contribution in [3.8, 4) is 5.75 Å². The van der Waals surface area contributed by atoms with Gasteiger partial charge in [-0.3, -0.25) is 4.79 Å². The standard InChI is InChI=1S/C11H9F3O2/c1-16-9-4-2-3-8(7-9)10(5-6-15)11(12,13)14/h2-7H,1H3/b10-5+. The Balaban J connectivity index is 3.22. The van der Waals surface area contributed by atoms with Gasteiger partial charge >= 0.3 is 6.18 Å². The summed E-state index contributed by atoms with van der Waals surface area (Å²) in [5, 5.41) is 0. The number of carbonyl (C=O) groups excluding carboxylic acids is 1. The Kier molecular flexibility index (Phi) is 3.71. The minimum absolute atomic E-state index is 0.0982. The van der Waals surface area contributed by atoms with Crippen molar-refractivity contribution in [1.29, 1.82) is 0 Å². The Morgan fingerprint density at radius 3 is 2.56 bits per heavy atom. The smallest absolute Gasteiger partial charge is 0.417 e. The molecular formula is C11H9F3O2. The highest BCUT2D eigenvalue weighted by molar-refractivity contribution is 5.84. The molecule has 0 aliphatic rings. The van der Waals surface area contributed by atoms with Gasteiger partial charge in [-0.1, -0.05) is 12.1 Å². The van der Waals surface area contributed by atoms with Crippen molar-refractivity contribution >= 4 is 11.9 Å². The van der Waals surface area contributed by atoms with Crippen molar-refractivity contribution in [2.75, 3.05) is 7.11 Å². The average molecular weight is 230 g/mol. The monoisotopic (exact) mass is 230 g/mol. The quantitative estimate of drug-likeness (QED) is 0.589. The van der Waals surface area contributed by atoms with Gasteiger partial charge in [-0.15, -0.1) is 0 Å². The molecule has 0 radical (unpaired) electrons. The molecule has 0 bridgehead atoms. The van der Waals surface area contributed by atoms with Crippen molar-refractivity contribution in [3.05, 3.63) is 35.9 Å². The second kappa shape index (κ2) is 4.83. The topological polar surface area (TPSA) is 26.3 Å². The molecule has 1 rings (SSSR count). The Hall–Kier alpha value is -1.78. The maximum absolute atomic E-state index is 12.6. The van der Waals surface area contributed by atoms with Crippen molar-refractivity contribution in [1.82, 2.24) is 0 Å². The van der Waals surface area contributed by atoms with Gasteiger partial charge in [0.25, 0.3) is 0 Å². The Labute approximate surface area is 90.3 Å². The van der Waals surface area contributed by atoms with Crippen LogP contribution < -0.4 is 4.74 Å². The second-order valence-corrected chi connectivity index (χ2v) is 2.95. The molecule has 0 aromatic heterocycles. The number of carbonyl (C=O) groups is 1. The van der Waals surface area contributed by atoms with Gasteiger partial charge in [0.15, 0.2) is 0 Å². The van der Waals surface area contributed by atoms with E-state index in [9.17, 15) is 18.0 Å². The molecule has 0 unspecified atom stereocenters. The van der Waals surface area contributed by atoms with E-state index >= 15 is 0 Å². The summed E-state index contributed by atoms with van der Waals surface area (Å²) in [6.45, 7) is 0. The van der Waals surface area contributed by atoms with Gasteiger partial charge in [-0.2, -0.15) is 13.2 Å². The number of aldehydes is 1. The minimum atomic E-state index is -4.56. The molecule has 0 saturated heterocycles. The van der Waals surface area contributed by atoms with Crippen LogP contribution in [0.5, 0.6) is 5.75 Å². The summed E-state index contributed by atoms with van der Waals surface area (Å²) >= 11 is 0. The zero-order valence-electron chi connectivity index (χ0n) is 8.41. The molecule has 0 N–H and O–H groups in total. The first-order valence-corrected chi connectivity index (χ1v) is 4.36. The summed E-state index contributed by atoms with van der Waals surface area (Å²) < 4.78 is 42.5. The first kappa shape index (κ1) is 12.3. The Morgan fingerprint density at radius 1 is 1.38 bits per heavy atom. The predicted octanol–water partition coefficient (Wildman–Crippen LogP) is 2.84. The zero-order valence-corrected chi connectivity index (χ0v) is 8.41. The molecule has 1 aromatic rings. The molecule has 0 atom stereocenters. The summed E-state index contributed by atoms with van der Waals surface area (Å²) in [5.74, 6) is 0.304. The van der Waals surface area contributed by atoms with Gasteiger partial charge < -0.3 is 4.74 Å². The van der Waals surface area contributed by atoms with Crippen LogP contribution in [0.15, 0.2) is 30.3 Å². The molecular weight excluding hydrogens is 221 g/mol. The van der Waals surface area contributed by atoms with Crippen LogP contribution in [0.1, 0.15) is 5.56 Å². The highest BCUT2D eigenvalue weighted by atomic mass is 19.4. The lowest BCUT2D eigenvalue weighted by Gasteiger charge is -2.11. The van der Waals surface area contributed by atoms with Crippen molar-refractivity contribution in [2.45, 2.75) is 6.18 Å². The third-order valence-corrected chi connectivity index (χ3v) is 1.92. The lowest BCUT2D eigenvalue weighted by atomic mass is 10.1. The predicted molar refractivity (Wildman–Crippen MR) is 53.1 cm³/mol. The molecule has 0 amide bonds. The summed E-state index contributed by atoms with van der Waals surface area (Å²) in [6.07, 6.45) is -3.95. The lowest BCUT2D eigenvalue weighted by Crippen LogP contribution is -2.11. The highest BCUT2D eigenvalue weighted by Crippen LogP contribution is 2.34. The Bertz CT molecular complexity index is 408. The van der Waals surface area contributed by atoms with E-state index in [4.69, 9.17) is 4.74 Å². The van der Waals surface area contributed by atoms with E-state index in [1.54, 1.807) is 0 Å². The summed E-state index contributed by atoms with van der Waals surface area (Å²) in [5.41, 5.74) is -1.08. The van der Waals surface area contributed by atoms with Gasteiger partial charge in [0.05, 0.1) is 12.7 Å². The van der Waals surface area contributed by atoms with Gasteiger partial charge in [0.2, 0.25) is 0 Å². The van der Waals surface area contributed by atoms with Gasteiger partial charge in [-0.25, -0.2) is 0 Å². The van der Waals surface area contributed by atoms with Crippen LogP contribution in [0.4, 0.5) is 13.2 Å². The van der Waals surface area contributed by atoms with E-state index in [1.807, 2.05) is 0 Å². The number of hydrogen-bond donors (Lipinski definition) is 0. The molecule has 5 heteroatoms. The van der Waals surface area contributed by atoms with Gasteiger partial charge in [0, 0.05) is 0 Å². The molecule has 0 fully saturated rings. The molecule has 0 spiro atoms. The van der Waals surface area contributed by atoms with Crippen molar-refractivity contribution in [3.63, 3.8) is 0 Å². The van der Waals surface area contributed by atoms with E-state index in [1.165, 1.54) is 31.4 Å². The zero-order chi connectivity index (χ0) is 12.2. The molecule has 86 valence electrons. The number of halogens is 3. The lowest BCUT2D eigenvalue weighted by molar-refractivity contribution is -0.104. The molecule has 0 heterocycles. The molecule has 0 aliphatic heterocycles. The number of benzene rings is 1. The van der Waals surface area contributed by atoms with Crippen LogP contribution in [-0.2, 0) is 4.79 Å². The molecule has 2 nitrogen and oxygen atoms in total. The maximum Gasteiger partial charge on any atom is 0.417 e. The van der Waals surface area contributed by atoms with E-state index in [0.29, 0.717) is 11.8 Å². The fraction of sp³-hybridized carbons (Fsp3) is 0.182. The summed E-state index contributed by atoms with van der Waals surface area (Å²) in [4.78, 5) is 10.2. The molecule has 1 aromatic carbocycles. The number of rotatable bonds is 3. The Morgan fingerprint density at radius 2 is 2.06 bits per heavy atom. The van der Waals surface area contributed by atoms with Gasteiger partial charge in [0.1, 0.15) is 12.0 Å². The molecule has 0 aliphatic carbocycles. The SMILES string of the molecule is COc1cccc(/C(=C\C=O)C(F)(F)F)c1. The molecule has 0 saturated carbocycles. The fourth-order valence-electron chi connectivity index (χ4n) is 1.21. The fourth-order valence-corrected chi connectivity index (χ4v) is 1.21. The van der Waals surface area contributed by atoms with Crippen LogP contribution in [-0.4, -0.2) is 19.6 Å². The van der Waals surface area contributed by atoms with Crippen LogP contribution in [0, 0.1) is 0 Å². The van der Waals surface area contributed by atoms with E-state index < -0.39 is 11.7 Å². The number of alkyl halides is 3. The largest absolute Gasteiger partial charge is 0.497 e. The van der Waals surface area contributed by atoms with Crippen LogP contribution in [0.25, 0.3) is 5.57 Å². The summed E-state index contributed by atoms with van der Waals surface area (Å²) in [7, 11) is 1.36. The number of allylic oxidation sites excluding steroid dienone is 2. The number of hydrogen-bond acceptors (Lipinski definition) is 2. The third-order valence-electron chi connectivity index (χ3n) is 1.92. The number of methoxy groups -OCH3 is 1. The summed E-state index contributed by atoms with van der Waals surface area (Å²) in [6, 6.07) is 5.45. The van der Waals surface area contributed by atoms with Crippen LogP contribution in [0.3, 0.4) is 0 Å². The minimum Gasteiger partial charge on any atom is -0.497 e. The normalized spacial score (nSPS) is 12.4. The first-order chi connectivity index (χ1) is 7.49. The first-order valence-electron chi connectivity index (χ1n) is 4.36. The van der Waals surface area contributed by atoms with E-state index in [0.717, 1.165) is 0 Å². The van der Waals surface area contributed by atoms with Crippen LogP contribution >= 0.6 is 0 Å². The second-order valence-electron chi connectivity index (χ2n) is 2.95. The number of ether oxygens (including phenoxy) is 1. The highest BCUT2D eigenvalue weighted by Gasteiger charge is 2.34. The average Bonchev–Trinajstić information content (AvgIpc) is 2.24. The van der Waals surface area contributed by atoms with Crippen molar-refractivity contribution in [2.24, 2.45) is 0 Å². The third kappa shape index (κ3) is 2.85. The van der Waals surface area contributed by atoms with Gasteiger partial charge in [-0.05, 0) is 23.8 Å². The van der Waals surface area contributed by atoms with Crippen LogP contribution in [0.2, 0.25) is 0 Å². The van der Waals surface area contributed by atoms with Crippen molar-refractivity contribution < 1.29 is 22.7 Å². The maximum atomic E-state index is 12.6.